The van der Waals surface area contributed by atoms with Crippen molar-refractivity contribution in [1.82, 2.24) is 15.3 Å². The summed E-state index contributed by atoms with van der Waals surface area (Å²) in [6, 6.07) is 0. The van der Waals surface area contributed by atoms with E-state index in [9.17, 15) is 9.59 Å². The minimum absolute atomic E-state index is 0.0565. The molecule has 1 aromatic heterocycles. The number of esters is 1. The zero-order valence-corrected chi connectivity index (χ0v) is 10.6. The van der Waals surface area contributed by atoms with Gasteiger partial charge in [-0.25, -0.2) is 9.78 Å². The lowest BCUT2D eigenvalue weighted by Crippen LogP contribution is -2.27. The lowest BCUT2D eigenvalue weighted by Gasteiger charge is -2.17. The predicted molar refractivity (Wildman–Crippen MR) is 65.3 cm³/mol. The minimum atomic E-state index is -0.538. The Morgan fingerprint density at radius 2 is 2.17 bits per heavy atom. The Kier molecular flexibility index (Phi) is 5.04. The maximum Gasteiger partial charge on any atom is 0.358 e. The van der Waals surface area contributed by atoms with Gasteiger partial charge in [0.25, 0.3) is 0 Å². The van der Waals surface area contributed by atoms with E-state index in [-0.39, 0.29) is 11.6 Å². The molecule has 1 amide bonds. The van der Waals surface area contributed by atoms with Crippen LogP contribution in [0.25, 0.3) is 0 Å². The van der Waals surface area contributed by atoms with Crippen molar-refractivity contribution >= 4 is 17.7 Å². The van der Waals surface area contributed by atoms with E-state index in [0.717, 1.165) is 0 Å². The molecule has 0 spiro atoms. The summed E-state index contributed by atoms with van der Waals surface area (Å²) >= 11 is 0. The molecule has 1 rings (SSSR count). The monoisotopic (exact) mass is 252 g/mol. The number of nitrogens with zero attached hydrogens (tertiary/aromatic N) is 3. The summed E-state index contributed by atoms with van der Waals surface area (Å²) in [5.41, 5.74) is 0.141. The molecule has 0 atom stereocenters. The van der Waals surface area contributed by atoms with Crippen molar-refractivity contribution in [2.24, 2.45) is 0 Å². The average Bonchev–Trinajstić information content (AvgIpc) is 2.43. The number of amides is 1. The number of carbonyl (C=O) groups excluding carboxylic acids is 2. The molecule has 0 aliphatic carbocycles. The van der Waals surface area contributed by atoms with Crippen LogP contribution in [-0.2, 0) is 9.53 Å². The normalized spacial score (nSPS) is 9.72. The fraction of sp³-hybridized carbons (Fsp3) is 0.455. The fourth-order valence-corrected chi connectivity index (χ4v) is 1.25. The van der Waals surface area contributed by atoms with E-state index in [4.69, 9.17) is 0 Å². The highest BCUT2D eigenvalue weighted by molar-refractivity contribution is 5.87. The Bertz CT molecular complexity index is 436. The van der Waals surface area contributed by atoms with Crippen LogP contribution >= 0.6 is 0 Å². The topological polar surface area (TPSA) is 84.4 Å². The molecule has 98 valence electrons. The molecule has 18 heavy (non-hydrogen) atoms. The number of nitrogens with one attached hydrogen (secondary N) is 1. The molecule has 0 aliphatic heterocycles. The smallest absolute Gasteiger partial charge is 0.358 e. The van der Waals surface area contributed by atoms with Crippen LogP contribution < -0.4 is 10.2 Å². The second-order valence-corrected chi connectivity index (χ2v) is 3.60. The zero-order valence-electron chi connectivity index (χ0n) is 10.6. The van der Waals surface area contributed by atoms with Crippen molar-refractivity contribution in [2.75, 3.05) is 32.6 Å². The molecule has 1 heterocycles. The van der Waals surface area contributed by atoms with E-state index in [2.05, 4.69) is 20.0 Å². The summed E-state index contributed by atoms with van der Waals surface area (Å²) in [4.78, 5) is 32.2. The van der Waals surface area contributed by atoms with E-state index in [1.165, 1.54) is 19.5 Å². The summed E-state index contributed by atoms with van der Waals surface area (Å²) in [6.45, 7) is 0.485. The lowest BCUT2D eigenvalue weighted by molar-refractivity contribution is -0.120. The first-order valence-electron chi connectivity index (χ1n) is 5.40. The van der Waals surface area contributed by atoms with Crippen LogP contribution in [-0.4, -0.2) is 49.6 Å². The van der Waals surface area contributed by atoms with Crippen LogP contribution in [0.2, 0.25) is 0 Å². The highest BCUT2D eigenvalue weighted by Gasteiger charge is 2.11. The van der Waals surface area contributed by atoms with Crippen molar-refractivity contribution in [2.45, 2.75) is 6.42 Å². The Hall–Kier alpha value is -2.18. The van der Waals surface area contributed by atoms with Crippen LogP contribution in [0.5, 0.6) is 0 Å². The van der Waals surface area contributed by atoms with Gasteiger partial charge in [-0.05, 0) is 0 Å². The van der Waals surface area contributed by atoms with Crippen LogP contribution in [0, 0.1) is 0 Å². The molecule has 1 aromatic rings. The second kappa shape index (κ2) is 6.53. The van der Waals surface area contributed by atoms with E-state index in [0.29, 0.717) is 18.8 Å². The molecule has 0 bridgehead atoms. The Morgan fingerprint density at radius 3 is 2.78 bits per heavy atom. The maximum absolute atomic E-state index is 11.3. The molecule has 0 aromatic carbocycles. The summed E-state index contributed by atoms with van der Waals surface area (Å²) in [5, 5.41) is 2.53. The first-order chi connectivity index (χ1) is 8.58. The van der Waals surface area contributed by atoms with Gasteiger partial charge in [0, 0.05) is 27.1 Å². The average molecular weight is 252 g/mol. The minimum Gasteiger partial charge on any atom is -0.464 e. The fourth-order valence-electron chi connectivity index (χ4n) is 1.25. The number of carbonyl (C=O) groups is 2. The van der Waals surface area contributed by atoms with Crippen molar-refractivity contribution in [1.29, 1.82) is 0 Å². The molecule has 0 saturated carbocycles. The number of aromatic nitrogens is 2. The van der Waals surface area contributed by atoms with E-state index in [1.54, 1.807) is 19.0 Å². The molecule has 0 saturated heterocycles. The van der Waals surface area contributed by atoms with Crippen LogP contribution in [0.15, 0.2) is 12.4 Å². The van der Waals surface area contributed by atoms with Gasteiger partial charge >= 0.3 is 5.97 Å². The molecule has 0 fully saturated rings. The SMILES string of the molecule is CNC(=O)CCN(C)c1cncc(C(=O)OC)n1. The van der Waals surface area contributed by atoms with E-state index < -0.39 is 5.97 Å². The molecule has 7 nitrogen and oxygen atoms in total. The van der Waals surface area contributed by atoms with Gasteiger partial charge < -0.3 is 15.0 Å². The molecule has 0 unspecified atom stereocenters. The first kappa shape index (κ1) is 13.9. The molecule has 1 N–H and O–H groups in total. The second-order valence-electron chi connectivity index (χ2n) is 3.60. The molecule has 0 aliphatic rings. The Labute approximate surface area is 105 Å². The molecular weight excluding hydrogens is 236 g/mol. The van der Waals surface area contributed by atoms with Gasteiger partial charge in [-0.3, -0.25) is 9.78 Å². The maximum atomic E-state index is 11.3. The third-order valence-corrected chi connectivity index (χ3v) is 2.36. The number of anilines is 1. The highest BCUT2D eigenvalue weighted by Crippen LogP contribution is 2.08. The van der Waals surface area contributed by atoms with Gasteiger partial charge in [0.1, 0.15) is 5.82 Å². The van der Waals surface area contributed by atoms with Gasteiger partial charge in [0.15, 0.2) is 5.69 Å². The standard InChI is InChI=1S/C11H16N4O3/c1-12-10(16)4-5-15(2)9-7-13-6-8(14-9)11(17)18-3/h6-7H,4-5H2,1-3H3,(H,12,16). The largest absolute Gasteiger partial charge is 0.464 e. The summed E-state index contributed by atoms with van der Waals surface area (Å²) in [5.74, 6) is -0.0789. The predicted octanol–water partition coefficient (Wildman–Crippen LogP) is -0.164. The Morgan fingerprint density at radius 1 is 1.44 bits per heavy atom. The van der Waals surface area contributed by atoms with Crippen LogP contribution in [0.4, 0.5) is 5.82 Å². The van der Waals surface area contributed by atoms with Gasteiger partial charge in [-0.1, -0.05) is 0 Å². The van der Waals surface area contributed by atoms with Crippen molar-refractivity contribution in [3.8, 4) is 0 Å². The zero-order chi connectivity index (χ0) is 13.5. The van der Waals surface area contributed by atoms with Gasteiger partial charge in [-0.15, -0.1) is 0 Å². The third kappa shape index (κ3) is 3.69. The molecule has 7 heteroatoms. The molecular formula is C11H16N4O3. The van der Waals surface area contributed by atoms with Crippen LogP contribution in [0.3, 0.4) is 0 Å². The van der Waals surface area contributed by atoms with E-state index >= 15 is 0 Å². The Balaban J connectivity index is 2.71. The lowest BCUT2D eigenvalue weighted by atomic mass is 10.3. The number of hydrogen-bond donors (Lipinski definition) is 1. The van der Waals surface area contributed by atoms with Gasteiger partial charge in [-0.2, -0.15) is 0 Å². The number of ether oxygens (including phenoxy) is 1. The first-order valence-corrected chi connectivity index (χ1v) is 5.40. The number of rotatable bonds is 5. The van der Waals surface area contributed by atoms with E-state index in [1.807, 2.05) is 0 Å². The van der Waals surface area contributed by atoms with Crippen molar-refractivity contribution in [3.63, 3.8) is 0 Å². The van der Waals surface area contributed by atoms with Crippen molar-refractivity contribution in [3.05, 3.63) is 18.1 Å². The molecule has 0 radical (unpaired) electrons. The summed E-state index contributed by atoms with van der Waals surface area (Å²) in [6.07, 6.45) is 3.20. The summed E-state index contributed by atoms with van der Waals surface area (Å²) in [7, 11) is 4.64. The number of methoxy groups -OCH3 is 1. The van der Waals surface area contributed by atoms with Crippen LogP contribution in [0.1, 0.15) is 16.9 Å². The highest BCUT2D eigenvalue weighted by atomic mass is 16.5. The third-order valence-electron chi connectivity index (χ3n) is 2.36. The van der Waals surface area contributed by atoms with Gasteiger partial charge in [0.05, 0.1) is 19.5 Å². The number of hydrogen-bond acceptors (Lipinski definition) is 6. The quantitative estimate of drug-likeness (QED) is 0.733. The van der Waals surface area contributed by atoms with Crippen molar-refractivity contribution < 1.29 is 14.3 Å². The van der Waals surface area contributed by atoms with Gasteiger partial charge in [0.2, 0.25) is 5.91 Å². The summed E-state index contributed by atoms with van der Waals surface area (Å²) < 4.78 is 4.56.